The molecule has 2 rings (SSSR count). The van der Waals surface area contributed by atoms with Gasteiger partial charge in [-0.15, -0.1) is 0 Å². The van der Waals surface area contributed by atoms with E-state index < -0.39 is 0 Å². The van der Waals surface area contributed by atoms with Crippen LogP contribution in [0.5, 0.6) is 5.75 Å². The Kier molecular flexibility index (Phi) is 3.37. The van der Waals surface area contributed by atoms with E-state index in [-0.39, 0.29) is 0 Å². The zero-order valence-electron chi connectivity index (χ0n) is 8.97. The average molecular weight is 232 g/mol. The van der Waals surface area contributed by atoms with Crippen LogP contribution < -0.4 is 4.74 Å². The van der Waals surface area contributed by atoms with Gasteiger partial charge in [-0.2, -0.15) is 11.3 Å². The number of benzene rings is 1. The van der Waals surface area contributed by atoms with Gasteiger partial charge in [-0.3, -0.25) is 4.79 Å². The van der Waals surface area contributed by atoms with Gasteiger partial charge in [0.2, 0.25) is 0 Å². The first-order chi connectivity index (χ1) is 7.86. The molecule has 0 aliphatic rings. The third-order valence-corrected chi connectivity index (χ3v) is 2.98. The second-order valence-electron chi connectivity index (χ2n) is 3.29. The molecule has 0 bridgehead atoms. The Bertz CT molecular complexity index is 475. The quantitative estimate of drug-likeness (QED) is 0.752. The molecule has 0 atom stereocenters. The van der Waals surface area contributed by atoms with Crippen LogP contribution in [0.2, 0.25) is 0 Å². The van der Waals surface area contributed by atoms with Crippen LogP contribution in [-0.4, -0.2) is 12.9 Å². The first-order valence-corrected chi connectivity index (χ1v) is 6.04. The molecule has 1 aromatic heterocycles. The Balaban J connectivity index is 2.55. The SMILES string of the molecule is CCOc1c(C=O)cccc1-c1ccsc1. The highest BCUT2D eigenvalue weighted by Gasteiger charge is 2.10. The minimum Gasteiger partial charge on any atom is -0.492 e. The van der Waals surface area contributed by atoms with E-state index in [1.807, 2.05) is 35.9 Å². The monoisotopic (exact) mass is 232 g/mol. The van der Waals surface area contributed by atoms with Crippen LogP contribution in [0.1, 0.15) is 17.3 Å². The van der Waals surface area contributed by atoms with Crippen molar-refractivity contribution in [3.8, 4) is 16.9 Å². The fourth-order valence-electron chi connectivity index (χ4n) is 1.60. The molecule has 0 unspecified atom stereocenters. The van der Waals surface area contributed by atoms with Gasteiger partial charge in [-0.25, -0.2) is 0 Å². The maximum Gasteiger partial charge on any atom is 0.153 e. The van der Waals surface area contributed by atoms with Gasteiger partial charge < -0.3 is 4.74 Å². The lowest BCUT2D eigenvalue weighted by Crippen LogP contribution is -1.97. The first-order valence-electron chi connectivity index (χ1n) is 5.10. The van der Waals surface area contributed by atoms with Gasteiger partial charge in [-0.05, 0) is 35.4 Å². The van der Waals surface area contributed by atoms with Crippen LogP contribution in [0.15, 0.2) is 35.0 Å². The molecule has 0 saturated carbocycles. The van der Waals surface area contributed by atoms with Crippen molar-refractivity contribution in [1.82, 2.24) is 0 Å². The maximum atomic E-state index is 10.9. The number of hydrogen-bond acceptors (Lipinski definition) is 3. The predicted molar refractivity (Wildman–Crippen MR) is 66.3 cm³/mol. The van der Waals surface area contributed by atoms with E-state index in [4.69, 9.17) is 4.74 Å². The summed E-state index contributed by atoms with van der Waals surface area (Å²) >= 11 is 1.63. The lowest BCUT2D eigenvalue weighted by Gasteiger charge is -2.11. The Morgan fingerprint density at radius 2 is 2.25 bits per heavy atom. The van der Waals surface area contributed by atoms with Crippen LogP contribution in [0.25, 0.3) is 11.1 Å². The van der Waals surface area contributed by atoms with Crippen molar-refractivity contribution >= 4 is 17.6 Å². The van der Waals surface area contributed by atoms with E-state index in [0.717, 1.165) is 17.4 Å². The molecule has 0 amide bonds. The smallest absolute Gasteiger partial charge is 0.153 e. The fraction of sp³-hybridized carbons (Fsp3) is 0.154. The number of carbonyl (C=O) groups excluding carboxylic acids is 1. The number of hydrogen-bond donors (Lipinski definition) is 0. The van der Waals surface area contributed by atoms with Gasteiger partial charge in [0.15, 0.2) is 6.29 Å². The molecule has 3 heteroatoms. The molecule has 0 saturated heterocycles. The molecule has 0 spiro atoms. The molecule has 0 aliphatic carbocycles. The normalized spacial score (nSPS) is 10.1. The van der Waals surface area contributed by atoms with Gasteiger partial charge in [0, 0.05) is 5.56 Å². The van der Waals surface area contributed by atoms with E-state index in [2.05, 4.69) is 0 Å². The largest absolute Gasteiger partial charge is 0.492 e. The molecule has 0 radical (unpaired) electrons. The molecule has 0 aliphatic heterocycles. The minimum atomic E-state index is 0.558. The van der Waals surface area contributed by atoms with Crippen LogP contribution in [0.3, 0.4) is 0 Å². The topological polar surface area (TPSA) is 26.3 Å². The highest BCUT2D eigenvalue weighted by Crippen LogP contribution is 2.33. The molecule has 2 nitrogen and oxygen atoms in total. The molecule has 82 valence electrons. The van der Waals surface area contributed by atoms with Crippen molar-refractivity contribution in [3.05, 3.63) is 40.6 Å². The fourth-order valence-corrected chi connectivity index (χ4v) is 2.25. The summed E-state index contributed by atoms with van der Waals surface area (Å²) in [5, 5.41) is 4.06. The van der Waals surface area contributed by atoms with E-state index in [1.165, 1.54) is 0 Å². The summed E-state index contributed by atoms with van der Waals surface area (Å²) in [7, 11) is 0. The van der Waals surface area contributed by atoms with Crippen LogP contribution in [-0.2, 0) is 0 Å². The molecule has 0 N–H and O–H groups in total. The maximum absolute atomic E-state index is 10.9. The van der Waals surface area contributed by atoms with Crippen LogP contribution in [0, 0.1) is 0 Å². The van der Waals surface area contributed by atoms with E-state index >= 15 is 0 Å². The summed E-state index contributed by atoms with van der Waals surface area (Å²) in [5.74, 6) is 0.679. The summed E-state index contributed by atoms with van der Waals surface area (Å²) < 4.78 is 5.56. The Labute approximate surface area is 98.5 Å². The van der Waals surface area contributed by atoms with Crippen molar-refractivity contribution in [1.29, 1.82) is 0 Å². The van der Waals surface area contributed by atoms with Gasteiger partial charge in [0.25, 0.3) is 0 Å². The highest BCUT2D eigenvalue weighted by molar-refractivity contribution is 7.08. The van der Waals surface area contributed by atoms with E-state index in [1.54, 1.807) is 17.4 Å². The van der Waals surface area contributed by atoms with Crippen molar-refractivity contribution in [2.45, 2.75) is 6.92 Å². The second kappa shape index (κ2) is 4.94. The van der Waals surface area contributed by atoms with Gasteiger partial charge in [0.05, 0.1) is 12.2 Å². The van der Waals surface area contributed by atoms with Crippen molar-refractivity contribution in [3.63, 3.8) is 0 Å². The van der Waals surface area contributed by atoms with Gasteiger partial charge in [-0.1, -0.05) is 12.1 Å². The zero-order chi connectivity index (χ0) is 11.4. The molecule has 1 heterocycles. The zero-order valence-corrected chi connectivity index (χ0v) is 9.79. The summed E-state index contributed by atoms with van der Waals surface area (Å²) in [6, 6.07) is 7.64. The van der Waals surface area contributed by atoms with Gasteiger partial charge in [0.1, 0.15) is 5.75 Å². The number of carbonyl (C=O) groups is 1. The average Bonchev–Trinajstić information content (AvgIpc) is 2.83. The number of rotatable bonds is 4. The predicted octanol–water partition coefficient (Wildman–Crippen LogP) is 3.63. The highest BCUT2D eigenvalue weighted by atomic mass is 32.1. The third kappa shape index (κ3) is 1.99. The third-order valence-electron chi connectivity index (χ3n) is 2.29. The van der Waals surface area contributed by atoms with E-state index in [9.17, 15) is 4.79 Å². The van der Waals surface area contributed by atoms with E-state index in [0.29, 0.717) is 17.9 Å². The molecule has 2 aromatic rings. The van der Waals surface area contributed by atoms with Crippen molar-refractivity contribution < 1.29 is 9.53 Å². The molecule has 16 heavy (non-hydrogen) atoms. The summed E-state index contributed by atoms with van der Waals surface area (Å²) in [6.45, 7) is 2.47. The second-order valence-corrected chi connectivity index (χ2v) is 4.07. The lowest BCUT2D eigenvalue weighted by atomic mass is 10.0. The standard InChI is InChI=1S/C13H12O2S/c1-2-15-13-10(8-14)4-3-5-12(13)11-6-7-16-9-11/h3-9H,2H2,1H3. The Hall–Kier alpha value is -1.61. The molecular weight excluding hydrogens is 220 g/mol. The Morgan fingerprint density at radius 3 is 2.88 bits per heavy atom. The summed E-state index contributed by atoms with van der Waals surface area (Å²) in [6.07, 6.45) is 0.834. The number of para-hydroxylation sites is 1. The molecule has 0 fully saturated rings. The van der Waals surface area contributed by atoms with Crippen molar-refractivity contribution in [2.24, 2.45) is 0 Å². The van der Waals surface area contributed by atoms with Gasteiger partial charge >= 0.3 is 0 Å². The summed E-state index contributed by atoms with van der Waals surface area (Å²) in [5.41, 5.74) is 2.68. The Morgan fingerprint density at radius 1 is 1.38 bits per heavy atom. The number of aldehydes is 1. The number of ether oxygens (including phenoxy) is 1. The minimum absolute atomic E-state index is 0.558. The van der Waals surface area contributed by atoms with Crippen molar-refractivity contribution in [2.75, 3.05) is 6.61 Å². The lowest BCUT2D eigenvalue weighted by molar-refractivity contribution is 0.112. The summed E-state index contributed by atoms with van der Waals surface area (Å²) in [4.78, 5) is 10.9. The van der Waals surface area contributed by atoms with Crippen LogP contribution >= 0.6 is 11.3 Å². The molecular formula is C13H12O2S. The first kappa shape index (κ1) is 10.9. The molecule has 1 aromatic carbocycles. The van der Waals surface area contributed by atoms with Crippen LogP contribution in [0.4, 0.5) is 0 Å². The number of thiophene rings is 1.